The van der Waals surface area contributed by atoms with Crippen LogP contribution in [-0.2, 0) is 18.1 Å². The van der Waals surface area contributed by atoms with E-state index in [-0.39, 0.29) is 0 Å². The molecule has 3 saturated heterocycles. The first-order valence-electron chi connectivity index (χ1n) is 9.31. The van der Waals surface area contributed by atoms with Gasteiger partial charge in [0.05, 0.1) is 0 Å². The van der Waals surface area contributed by atoms with Gasteiger partial charge in [-0.3, -0.25) is 0 Å². The van der Waals surface area contributed by atoms with E-state index in [1.54, 1.807) is 0 Å². The molecule has 0 atom stereocenters. The molecule has 3 rings (SSSR count). The van der Waals surface area contributed by atoms with E-state index in [0.717, 1.165) is 13.1 Å². The molecule has 3 heterocycles. The molecule has 5 nitrogen and oxygen atoms in total. The van der Waals surface area contributed by atoms with E-state index < -0.39 is 29.9 Å². The van der Waals surface area contributed by atoms with E-state index >= 15 is 0 Å². The molecule has 0 aromatic heterocycles. The average Bonchev–Trinajstić information content (AvgIpc) is 2.60. The molecule has 0 aliphatic carbocycles. The van der Waals surface area contributed by atoms with Crippen molar-refractivity contribution < 1.29 is 18.1 Å². The predicted molar refractivity (Wildman–Crippen MR) is 97.9 cm³/mol. The van der Waals surface area contributed by atoms with Gasteiger partial charge >= 0.3 is 147 Å². The van der Waals surface area contributed by atoms with Crippen LogP contribution in [0.1, 0.15) is 74.7 Å². The third-order valence-electron chi connectivity index (χ3n) is 6.40. The SMILES string of the molecule is CC1(C)OP2(CN3CCCCC3)(OC1(C)C)OC(C)(C)C(C)(C)O2. The topological polar surface area (TPSA) is 40.2 Å². The molecule has 6 heteroatoms. The van der Waals surface area contributed by atoms with Gasteiger partial charge in [-0.05, 0) is 0 Å². The number of hydrogen-bond donors (Lipinski definition) is 0. The van der Waals surface area contributed by atoms with Crippen LogP contribution in [0.4, 0.5) is 0 Å². The standard InChI is InChI=1S/C18H36NO4P/c1-15(2)16(3,4)21-24(20-15,14-19-12-10-9-11-13-19)22-17(5,6)18(7,8)23-24/h9-14H2,1-8H3. The molecular weight excluding hydrogens is 325 g/mol. The molecule has 142 valence electrons. The van der Waals surface area contributed by atoms with Crippen LogP contribution in [0, 0.1) is 0 Å². The zero-order chi connectivity index (χ0) is 18.1. The third-order valence-corrected chi connectivity index (χ3v) is 10.5. The zero-order valence-electron chi connectivity index (χ0n) is 16.8. The molecule has 0 radical (unpaired) electrons. The Balaban J connectivity index is 2.03. The van der Waals surface area contributed by atoms with Crippen LogP contribution in [0.5, 0.6) is 0 Å². The Hall–Kier alpha value is 0.230. The number of hydrogen-bond acceptors (Lipinski definition) is 5. The number of rotatable bonds is 2. The number of piperidine rings is 1. The Morgan fingerprint density at radius 2 is 0.958 bits per heavy atom. The molecular formula is C18H36NO4P. The van der Waals surface area contributed by atoms with Gasteiger partial charge in [0.15, 0.2) is 0 Å². The minimum atomic E-state index is -3.72. The Morgan fingerprint density at radius 1 is 0.625 bits per heavy atom. The summed E-state index contributed by atoms with van der Waals surface area (Å²) in [6.45, 7) is 18.7. The molecule has 0 saturated carbocycles. The first-order chi connectivity index (χ1) is 10.7. The van der Waals surface area contributed by atoms with Gasteiger partial charge in [-0.15, -0.1) is 0 Å². The van der Waals surface area contributed by atoms with Gasteiger partial charge in [-0.2, -0.15) is 0 Å². The van der Waals surface area contributed by atoms with Crippen LogP contribution in [0.25, 0.3) is 0 Å². The summed E-state index contributed by atoms with van der Waals surface area (Å²) in [7, 11) is -3.72. The van der Waals surface area contributed by atoms with Crippen molar-refractivity contribution in [2.75, 3.05) is 19.4 Å². The number of likely N-dealkylation sites (tertiary alicyclic amines) is 1. The molecule has 3 fully saturated rings. The first kappa shape index (κ1) is 19.0. The fraction of sp³-hybridized carbons (Fsp3) is 1.00. The van der Waals surface area contributed by atoms with E-state index in [9.17, 15) is 0 Å². The quantitative estimate of drug-likeness (QED) is 0.658. The normalized spacial score (nSPS) is 37.1. The van der Waals surface area contributed by atoms with Gasteiger partial charge < -0.3 is 0 Å². The second-order valence-electron chi connectivity index (χ2n) is 9.69. The molecule has 0 unspecified atom stereocenters. The molecule has 0 bridgehead atoms. The van der Waals surface area contributed by atoms with Gasteiger partial charge in [0.1, 0.15) is 0 Å². The van der Waals surface area contributed by atoms with Crippen molar-refractivity contribution in [3.8, 4) is 0 Å². The fourth-order valence-electron chi connectivity index (χ4n) is 3.86. The van der Waals surface area contributed by atoms with Crippen LogP contribution in [0.15, 0.2) is 0 Å². The van der Waals surface area contributed by atoms with Crippen molar-refractivity contribution in [2.24, 2.45) is 0 Å². The molecule has 0 aromatic carbocycles. The van der Waals surface area contributed by atoms with Crippen molar-refractivity contribution in [3.63, 3.8) is 0 Å². The maximum absolute atomic E-state index is 6.70. The molecule has 3 aliphatic rings. The molecule has 1 spiro atoms. The molecule has 3 aliphatic heterocycles. The van der Waals surface area contributed by atoms with E-state index in [2.05, 4.69) is 60.3 Å². The van der Waals surface area contributed by atoms with Gasteiger partial charge in [0, 0.05) is 0 Å². The van der Waals surface area contributed by atoms with Crippen molar-refractivity contribution in [1.82, 2.24) is 4.90 Å². The monoisotopic (exact) mass is 361 g/mol. The molecule has 0 N–H and O–H groups in total. The van der Waals surface area contributed by atoms with Crippen molar-refractivity contribution in [1.29, 1.82) is 0 Å². The molecule has 0 amide bonds. The fourth-order valence-corrected chi connectivity index (χ4v) is 9.65. The summed E-state index contributed by atoms with van der Waals surface area (Å²) in [6, 6.07) is 0. The Morgan fingerprint density at radius 3 is 1.29 bits per heavy atom. The van der Waals surface area contributed by atoms with Gasteiger partial charge in [-0.25, -0.2) is 0 Å². The van der Waals surface area contributed by atoms with Crippen LogP contribution in [0.2, 0.25) is 0 Å². The second-order valence-corrected chi connectivity index (χ2v) is 12.6. The van der Waals surface area contributed by atoms with E-state index in [1.807, 2.05) is 0 Å². The minimum absolute atomic E-state index is 0.475. The summed E-state index contributed by atoms with van der Waals surface area (Å²) in [5.74, 6) is 0. The van der Waals surface area contributed by atoms with Crippen molar-refractivity contribution in [3.05, 3.63) is 0 Å². The summed E-state index contributed by atoms with van der Waals surface area (Å²) < 4.78 is 26.8. The summed E-state index contributed by atoms with van der Waals surface area (Å²) in [4.78, 5) is 2.41. The summed E-state index contributed by atoms with van der Waals surface area (Å²) in [6.07, 6.45) is 4.33. The van der Waals surface area contributed by atoms with Crippen molar-refractivity contribution >= 4 is 7.51 Å². The second kappa shape index (κ2) is 5.15. The number of nitrogens with zero attached hydrogens (tertiary/aromatic N) is 1. The van der Waals surface area contributed by atoms with Gasteiger partial charge in [0.2, 0.25) is 0 Å². The van der Waals surface area contributed by atoms with Crippen LogP contribution in [0.3, 0.4) is 0 Å². The zero-order valence-corrected chi connectivity index (χ0v) is 17.7. The van der Waals surface area contributed by atoms with E-state index in [0.29, 0.717) is 6.29 Å². The Kier molecular flexibility index (Phi) is 4.08. The molecule has 24 heavy (non-hydrogen) atoms. The first-order valence-corrected chi connectivity index (χ1v) is 11.4. The summed E-state index contributed by atoms with van der Waals surface area (Å²) >= 11 is 0. The Bertz CT molecular complexity index is 448. The average molecular weight is 361 g/mol. The van der Waals surface area contributed by atoms with Crippen LogP contribution < -0.4 is 0 Å². The predicted octanol–water partition coefficient (Wildman–Crippen LogP) is 4.85. The summed E-state index contributed by atoms with van der Waals surface area (Å²) in [5.41, 5.74) is -1.90. The third kappa shape index (κ3) is 2.76. The van der Waals surface area contributed by atoms with Crippen molar-refractivity contribution in [2.45, 2.75) is 97.1 Å². The summed E-state index contributed by atoms with van der Waals surface area (Å²) in [5, 5.41) is 0. The van der Waals surface area contributed by atoms with Crippen LogP contribution in [-0.4, -0.2) is 46.7 Å². The molecule has 0 aromatic rings. The van der Waals surface area contributed by atoms with Gasteiger partial charge in [-0.1, -0.05) is 0 Å². The van der Waals surface area contributed by atoms with E-state index in [4.69, 9.17) is 18.1 Å². The van der Waals surface area contributed by atoms with Gasteiger partial charge in [0.25, 0.3) is 0 Å². The van der Waals surface area contributed by atoms with Crippen LogP contribution >= 0.6 is 7.51 Å². The maximum atomic E-state index is 6.70. The van der Waals surface area contributed by atoms with E-state index in [1.165, 1.54) is 19.3 Å². The Labute approximate surface area is 147 Å².